The smallest absolute Gasteiger partial charge is 0.227 e. The van der Waals surface area contributed by atoms with E-state index in [9.17, 15) is 14.6 Å². The third-order valence-electron chi connectivity index (χ3n) is 7.29. The number of nitrogens with zero attached hydrogens (tertiary/aromatic N) is 3. The van der Waals surface area contributed by atoms with Crippen molar-refractivity contribution in [1.82, 2.24) is 9.97 Å². The normalized spacial score (nSPS) is 11.3. The van der Waals surface area contributed by atoms with Crippen molar-refractivity contribution in [2.45, 2.75) is 52.7 Å². The first-order chi connectivity index (χ1) is 20.7. The number of hydrogen-bond donors (Lipinski definition) is 2. The fraction of sp³-hybridized carbons (Fsp3) is 0.229. The fourth-order valence-electron chi connectivity index (χ4n) is 4.75. The van der Waals surface area contributed by atoms with E-state index in [1.54, 1.807) is 30.3 Å². The minimum absolute atomic E-state index is 0.0812. The van der Waals surface area contributed by atoms with Crippen molar-refractivity contribution in [3.05, 3.63) is 112 Å². The molecule has 6 aromatic rings. The minimum Gasteiger partial charge on any atom is -0.438 e. The second-order valence-electron chi connectivity index (χ2n) is 10.8. The summed E-state index contributed by atoms with van der Waals surface area (Å²) >= 11 is 0. The molecule has 0 atom stereocenters. The number of aliphatic hydroxyl groups excluding tert-OH is 2. The number of hydrogen-bond acceptors (Lipinski definition) is 6. The molecule has 2 aromatic heterocycles. The number of benzene rings is 4. The van der Waals surface area contributed by atoms with Gasteiger partial charge in [0.25, 0.3) is 0 Å². The van der Waals surface area contributed by atoms with Gasteiger partial charge in [0.15, 0.2) is 11.4 Å². The molecule has 218 valence electrons. The highest BCUT2D eigenvalue weighted by molar-refractivity contribution is 5.89. The summed E-state index contributed by atoms with van der Waals surface area (Å²) in [6.45, 7) is 15.4. The average molecular weight is 578 g/mol. The molecule has 43 heavy (non-hydrogen) atoms. The molecule has 0 radical (unpaired) electrons. The number of para-hydroxylation sites is 2. The summed E-state index contributed by atoms with van der Waals surface area (Å²) < 4.78 is 25.2. The predicted molar refractivity (Wildman–Crippen MR) is 165 cm³/mol. The van der Waals surface area contributed by atoms with Crippen LogP contribution in [0.25, 0.3) is 50.0 Å². The molecule has 0 saturated heterocycles. The Labute approximate surface area is 249 Å². The van der Waals surface area contributed by atoms with Crippen molar-refractivity contribution in [2.24, 2.45) is 0 Å². The zero-order valence-corrected chi connectivity index (χ0v) is 24.4. The van der Waals surface area contributed by atoms with Crippen LogP contribution in [0.5, 0.6) is 0 Å². The molecule has 0 spiro atoms. The van der Waals surface area contributed by atoms with Gasteiger partial charge in [0.05, 0.1) is 19.8 Å². The molecule has 0 amide bonds. The Hall–Kier alpha value is -4.84. The Balaban J connectivity index is 0.000000171. The summed E-state index contributed by atoms with van der Waals surface area (Å²) in [6.07, 6.45) is 0. The highest BCUT2D eigenvalue weighted by Gasteiger charge is 2.17. The molecule has 0 aliphatic carbocycles. The van der Waals surface area contributed by atoms with Crippen LogP contribution in [0.15, 0.2) is 81.6 Å². The Morgan fingerprint density at radius 2 is 1.21 bits per heavy atom. The van der Waals surface area contributed by atoms with Crippen molar-refractivity contribution in [2.75, 3.05) is 0 Å². The molecule has 0 unspecified atom stereocenters. The van der Waals surface area contributed by atoms with Crippen LogP contribution < -0.4 is 0 Å². The summed E-state index contributed by atoms with van der Waals surface area (Å²) in [7, 11) is 0. The first-order valence-electron chi connectivity index (χ1n) is 14.0. The third-order valence-corrected chi connectivity index (χ3v) is 7.29. The average Bonchev–Trinajstić information content (AvgIpc) is 3.66. The van der Waals surface area contributed by atoms with Gasteiger partial charge in [0.2, 0.25) is 17.5 Å². The number of oxazole rings is 2. The van der Waals surface area contributed by atoms with Crippen molar-refractivity contribution in [1.29, 1.82) is 0 Å². The molecular formula is C35H32FN3O4. The van der Waals surface area contributed by atoms with Crippen LogP contribution in [0.3, 0.4) is 0 Å². The maximum atomic E-state index is 13.7. The van der Waals surface area contributed by atoms with E-state index in [0.29, 0.717) is 57.1 Å². The van der Waals surface area contributed by atoms with Crippen LogP contribution in [0, 0.1) is 12.4 Å². The first kappa shape index (κ1) is 29.6. The lowest BCUT2D eigenvalue weighted by Crippen LogP contribution is -1.94. The van der Waals surface area contributed by atoms with E-state index in [2.05, 4.69) is 42.5 Å². The summed E-state index contributed by atoms with van der Waals surface area (Å²) in [4.78, 5) is 12.2. The maximum absolute atomic E-state index is 13.7. The molecule has 0 aliphatic heterocycles. The predicted octanol–water partition coefficient (Wildman–Crippen LogP) is 8.91. The van der Waals surface area contributed by atoms with Crippen molar-refractivity contribution in [3.63, 3.8) is 0 Å². The molecule has 8 heteroatoms. The van der Waals surface area contributed by atoms with Gasteiger partial charge < -0.3 is 19.0 Å². The van der Waals surface area contributed by atoms with E-state index >= 15 is 0 Å². The zero-order valence-electron chi connectivity index (χ0n) is 24.4. The van der Waals surface area contributed by atoms with Gasteiger partial charge >= 0.3 is 0 Å². The van der Waals surface area contributed by atoms with Crippen LogP contribution >= 0.6 is 0 Å². The molecule has 7 nitrogen and oxygen atoms in total. The molecule has 0 fully saturated rings. The van der Waals surface area contributed by atoms with Gasteiger partial charge in [-0.3, -0.25) is 0 Å². The highest BCUT2D eigenvalue weighted by atomic mass is 19.1. The van der Waals surface area contributed by atoms with Crippen LogP contribution in [-0.2, 0) is 13.2 Å². The molecule has 4 aromatic carbocycles. The van der Waals surface area contributed by atoms with E-state index in [-0.39, 0.29) is 18.7 Å². The van der Waals surface area contributed by atoms with Gasteiger partial charge in [-0.1, -0.05) is 70.2 Å². The van der Waals surface area contributed by atoms with Gasteiger partial charge in [-0.2, -0.15) is 0 Å². The van der Waals surface area contributed by atoms with E-state index in [1.807, 2.05) is 36.4 Å². The summed E-state index contributed by atoms with van der Waals surface area (Å²) in [6, 6.07) is 21.6. The van der Waals surface area contributed by atoms with Gasteiger partial charge in [0.1, 0.15) is 16.6 Å². The van der Waals surface area contributed by atoms with Crippen LogP contribution in [0.4, 0.5) is 10.1 Å². The van der Waals surface area contributed by atoms with Gasteiger partial charge in [0, 0.05) is 11.1 Å². The van der Waals surface area contributed by atoms with Gasteiger partial charge in [-0.25, -0.2) is 19.2 Å². The monoisotopic (exact) mass is 577 g/mol. The summed E-state index contributed by atoms with van der Waals surface area (Å²) in [5, 5.41) is 19.1. The quantitative estimate of drug-likeness (QED) is 0.192. The molecule has 2 N–H and O–H groups in total. The second-order valence-corrected chi connectivity index (χ2v) is 10.8. The third kappa shape index (κ3) is 6.05. The van der Waals surface area contributed by atoms with Gasteiger partial charge in [-0.05, 0) is 64.4 Å². The van der Waals surface area contributed by atoms with Gasteiger partial charge in [-0.15, -0.1) is 0 Å². The molecular weight excluding hydrogens is 545 g/mol. The molecule has 0 aliphatic rings. The van der Waals surface area contributed by atoms with Crippen molar-refractivity contribution >= 4 is 27.9 Å². The van der Waals surface area contributed by atoms with Crippen LogP contribution in [0.2, 0.25) is 0 Å². The van der Waals surface area contributed by atoms with Crippen molar-refractivity contribution in [3.8, 4) is 22.9 Å². The standard InChI is InChI=1S/C18H16N2O2.C17H16FNO2/c1-11(2)12-7-8-13(10-21)14(9-12)18-20-17-15(19-3)5-4-6-16(17)22-18;1-10(2)11-6-7-12(9-20)13(8-11)17-19-16-14(18)4-3-5-15(16)21-17/h4-9,11,21H,10H2,1-2H3;3-8,10,20H,9H2,1-2H3. The van der Waals surface area contributed by atoms with Crippen LogP contribution in [0.1, 0.15) is 61.8 Å². The molecule has 2 heterocycles. The Morgan fingerprint density at radius 1 is 0.721 bits per heavy atom. The lowest BCUT2D eigenvalue weighted by Gasteiger charge is -2.10. The lowest BCUT2D eigenvalue weighted by atomic mass is 9.97. The summed E-state index contributed by atoms with van der Waals surface area (Å²) in [5.41, 5.74) is 7.47. The number of aromatic nitrogens is 2. The molecule has 0 saturated carbocycles. The van der Waals surface area contributed by atoms with E-state index in [1.165, 1.54) is 6.07 Å². The first-order valence-corrected chi connectivity index (χ1v) is 14.0. The maximum Gasteiger partial charge on any atom is 0.227 e. The number of aliphatic hydroxyl groups is 2. The number of halogens is 1. The highest BCUT2D eigenvalue weighted by Crippen LogP contribution is 2.34. The zero-order chi connectivity index (χ0) is 30.7. The van der Waals surface area contributed by atoms with E-state index in [4.69, 9.17) is 15.4 Å². The Bertz CT molecular complexity index is 1950. The van der Waals surface area contributed by atoms with Crippen molar-refractivity contribution < 1.29 is 23.4 Å². The Kier molecular flexibility index (Phi) is 8.67. The largest absolute Gasteiger partial charge is 0.438 e. The number of fused-ring (bicyclic) bond motifs is 2. The fourth-order valence-corrected chi connectivity index (χ4v) is 4.75. The molecule has 0 bridgehead atoms. The minimum atomic E-state index is -0.409. The molecule has 6 rings (SSSR count). The number of rotatable bonds is 6. The topological polar surface area (TPSA) is 96.9 Å². The lowest BCUT2D eigenvalue weighted by molar-refractivity contribution is 0.282. The van der Waals surface area contributed by atoms with E-state index in [0.717, 1.165) is 22.3 Å². The van der Waals surface area contributed by atoms with E-state index < -0.39 is 5.82 Å². The SMILES string of the molecule is CC(C)c1ccc(CO)c(-c2nc3c(F)cccc3o2)c1.[C-]#[N+]c1cccc2oc(-c3cc(C(C)C)ccc3CO)nc12. The Morgan fingerprint density at radius 3 is 1.67 bits per heavy atom. The second kappa shape index (κ2) is 12.6. The van der Waals surface area contributed by atoms with Crippen LogP contribution in [-0.4, -0.2) is 20.2 Å². The summed E-state index contributed by atoms with van der Waals surface area (Å²) in [5.74, 6) is 1.08.